The van der Waals surface area contributed by atoms with Crippen LogP contribution in [-0.4, -0.2) is 23.5 Å². The van der Waals surface area contributed by atoms with E-state index < -0.39 is 0 Å². The molecule has 1 heterocycles. The minimum Gasteiger partial charge on any atom is -0.329 e. The van der Waals surface area contributed by atoms with Gasteiger partial charge < -0.3 is 5.73 Å². The first-order chi connectivity index (χ1) is 9.61. The molecule has 0 atom stereocenters. The number of thiophene rings is 1. The summed E-state index contributed by atoms with van der Waals surface area (Å²) in [6.07, 6.45) is 5.22. The molecule has 0 bridgehead atoms. The third kappa shape index (κ3) is 3.44. The molecule has 2 N–H and O–H groups in total. The summed E-state index contributed by atoms with van der Waals surface area (Å²) in [5, 5.41) is 2.17. The Balaban J connectivity index is 2.05. The van der Waals surface area contributed by atoms with Gasteiger partial charge in [0.05, 0.1) is 0 Å². The number of nitrogens with two attached hydrogens (primary N) is 1. The predicted molar refractivity (Wildman–Crippen MR) is 89.0 cm³/mol. The van der Waals surface area contributed by atoms with Gasteiger partial charge in [0.25, 0.3) is 0 Å². The van der Waals surface area contributed by atoms with Gasteiger partial charge in [-0.2, -0.15) is 0 Å². The van der Waals surface area contributed by atoms with E-state index in [9.17, 15) is 0 Å². The second-order valence-corrected chi connectivity index (χ2v) is 7.64. The Hall–Kier alpha value is -0.380. The van der Waals surface area contributed by atoms with Gasteiger partial charge in [-0.15, -0.1) is 11.3 Å². The van der Waals surface area contributed by atoms with Crippen molar-refractivity contribution in [2.75, 3.05) is 13.1 Å². The van der Waals surface area contributed by atoms with Gasteiger partial charge in [-0.05, 0) is 55.5 Å². The number of nitrogens with zero attached hydrogens (tertiary/aromatic N) is 1. The highest BCUT2D eigenvalue weighted by Crippen LogP contribution is 2.39. The molecule has 0 amide bonds. The van der Waals surface area contributed by atoms with E-state index >= 15 is 0 Å². The summed E-state index contributed by atoms with van der Waals surface area (Å²) < 4.78 is 0. The molecular weight excluding hydrogens is 264 g/mol. The standard InChI is InChI=1S/C17H30N2S/c1-4-19(12-16-6-5-11-20-16)17(13-18)9-7-15(8-10-17)14(2)3/h5-6,11,14-15H,4,7-10,12-13,18H2,1-3H3. The van der Waals surface area contributed by atoms with Crippen LogP contribution in [0.1, 0.15) is 51.3 Å². The molecule has 2 nitrogen and oxygen atoms in total. The van der Waals surface area contributed by atoms with Crippen LogP contribution in [-0.2, 0) is 6.54 Å². The van der Waals surface area contributed by atoms with Crippen LogP contribution in [0.4, 0.5) is 0 Å². The molecule has 1 aromatic rings. The largest absolute Gasteiger partial charge is 0.329 e. The normalized spacial score (nSPS) is 27.4. The van der Waals surface area contributed by atoms with Crippen molar-refractivity contribution in [1.29, 1.82) is 0 Å². The lowest BCUT2D eigenvalue weighted by Crippen LogP contribution is -2.55. The number of hydrogen-bond acceptors (Lipinski definition) is 3. The second-order valence-electron chi connectivity index (χ2n) is 6.60. The maximum atomic E-state index is 6.23. The van der Waals surface area contributed by atoms with E-state index in [2.05, 4.69) is 43.2 Å². The van der Waals surface area contributed by atoms with Gasteiger partial charge in [0.2, 0.25) is 0 Å². The number of rotatable bonds is 6. The smallest absolute Gasteiger partial charge is 0.0335 e. The van der Waals surface area contributed by atoms with Crippen LogP contribution in [0.25, 0.3) is 0 Å². The summed E-state index contributed by atoms with van der Waals surface area (Å²) in [6.45, 7) is 9.97. The molecule has 1 aromatic heterocycles. The quantitative estimate of drug-likeness (QED) is 0.855. The summed E-state index contributed by atoms with van der Waals surface area (Å²) in [7, 11) is 0. The fraction of sp³-hybridized carbons (Fsp3) is 0.765. The zero-order chi connectivity index (χ0) is 14.6. The van der Waals surface area contributed by atoms with Crippen LogP contribution >= 0.6 is 11.3 Å². The van der Waals surface area contributed by atoms with Gasteiger partial charge in [-0.25, -0.2) is 0 Å². The van der Waals surface area contributed by atoms with Crippen LogP contribution in [0.2, 0.25) is 0 Å². The second kappa shape index (κ2) is 7.06. The average molecular weight is 295 g/mol. The van der Waals surface area contributed by atoms with Crippen molar-refractivity contribution >= 4 is 11.3 Å². The molecule has 0 aromatic carbocycles. The number of likely N-dealkylation sites (N-methyl/N-ethyl adjacent to an activating group) is 1. The Labute approximate surface area is 128 Å². The molecule has 20 heavy (non-hydrogen) atoms. The monoisotopic (exact) mass is 294 g/mol. The van der Waals surface area contributed by atoms with Crippen molar-refractivity contribution < 1.29 is 0 Å². The van der Waals surface area contributed by atoms with Gasteiger partial charge in [-0.3, -0.25) is 4.90 Å². The maximum Gasteiger partial charge on any atom is 0.0335 e. The van der Waals surface area contributed by atoms with Crippen molar-refractivity contribution in [3.8, 4) is 0 Å². The van der Waals surface area contributed by atoms with Gasteiger partial charge in [0, 0.05) is 23.5 Å². The van der Waals surface area contributed by atoms with E-state index in [4.69, 9.17) is 5.73 Å². The summed E-state index contributed by atoms with van der Waals surface area (Å²) >= 11 is 1.86. The third-order valence-corrected chi connectivity index (χ3v) is 6.12. The third-order valence-electron chi connectivity index (χ3n) is 5.26. The maximum absolute atomic E-state index is 6.23. The van der Waals surface area contributed by atoms with Crippen molar-refractivity contribution in [3.63, 3.8) is 0 Å². The summed E-state index contributed by atoms with van der Waals surface area (Å²) in [5.41, 5.74) is 6.47. The molecule has 3 heteroatoms. The highest BCUT2D eigenvalue weighted by molar-refractivity contribution is 7.09. The molecule has 1 saturated carbocycles. The van der Waals surface area contributed by atoms with Crippen LogP contribution in [0.15, 0.2) is 17.5 Å². The molecule has 2 rings (SSSR count). The molecular formula is C17H30N2S. The molecule has 1 aliphatic carbocycles. The lowest BCUT2D eigenvalue weighted by atomic mass is 9.72. The van der Waals surface area contributed by atoms with Gasteiger partial charge in [0.15, 0.2) is 0 Å². The molecule has 0 radical (unpaired) electrons. The molecule has 0 saturated heterocycles. The lowest BCUT2D eigenvalue weighted by Gasteiger charge is -2.48. The SMILES string of the molecule is CCN(Cc1cccs1)C1(CN)CCC(C(C)C)CC1. The highest BCUT2D eigenvalue weighted by atomic mass is 32.1. The van der Waals surface area contributed by atoms with E-state index in [0.29, 0.717) is 0 Å². The highest BCUT2D eigenvalue weighted by Gasteiger charge is 2.39. The predicted octanol–water partition coefficient (Wildman–Crippen LogP) is 4.11. The Kier molecular flexibility index (Phi) is 5.65. The van der Waals surface area contributed by atoms with Crippen molar-refractivity contribution in [3.05, 3.63) is 22.4 Å². The van der Waals surface area contributed by atoms with Crippen LogP contribution in [0.5, 0.6) is 0 Å². The van der Waals surface area contributed by atoms with E-state index in [1.54, 1.807) is 0 Å². The first kappa shape index (κ1) is 16.0. The molecule has 0 spiro atoms. The summed E-state index contributed by atoms with van der Waals surface area (Å²) in [6, 6.07) is 4.40. The first-order valence-electron chi connectivity index (χ1n) is 8.09. The summed E-state index contributed by atoms with van der Waals surface area (Å²) in [5.74, 6) is 1.72. The van der Waals surface area contributed by atoms with Crippen molar-refractivity contribution in [1.82, 2.24) is 4.90 Å². The van der Waals surface area contributed by atoms with Crippen molar-refractivity contribution in [2.24, 2.45) is 17.6 Å². The molecule has 0 unspecified atom stereocenters. The minimum atomic E-state index is 0.240. The zero-order valence-electron chi connectivity index (χ0n) is 13.3. The molecule has 114 valence electrons. The molecule has 1 aliphatic rings. The van der Waals surface area contributed by atoms with E-state index in [0.717, 1.165) is 31.5 Å². The Morgan fingerprint density at radius 1 is 1.40 bits per heavy atom. The minimum absolute atomic E-state index is 0.240. The topological polar surface area (TPSA) is 29.3 Å². The van der Waals surface area contributed by atoms with Gasteiger partial charge >= 0.3 is 0 Å². The fourth-order valence-electron chi connectivity index (χ4n) is 3.70. The lowest BCUT2D eigenvalue weighted by molar-refractivity contribution is 0.0332. The van der Waals surface area contributed by atoms with Gasteiger partial charge in [0.1, 0.15) is 0 Å². The average Bonchev–Trinajstić information content (AvgIpc) is 2.97. The van der Waals surface area contributed by atoms with E-state index in [1.807, 2.05) is 11.3 Å². The first-order valence-corrected chi connectivity index (χ1v) is 8.96. The zero-order valence-corrected chi connectivity index (χ0v) is 14.1. The fourth-order valence-corrected chi connectivity index (χ4v) is 4.42. The van der Waals surface area contributed by atoms with Crippen LogP contribution in [0, 0.1) is 11.8 Å². The van der Waals surface area contributed by atoms with E-state index in [-0.39, 0.29) is 5.54 Å². The van der Waals surface area contributed by atoms with Gasteiger partial charge in [-0.1, -0.05) is 26.8 Å². The molecule has 1 fully saturated rings. The summed E-state index contributed by atoms with van der Waals surface area (Å²) in [4.78, 5) is 4.10. The number of hydrogen-bond donors (Lipinski definition) is 1. The Bertz CT molecular complexity index is 378. The molecule has 0 aliphatic heterocycles. The van der Waals surface area contributed by atoms with Crippen LogP contribution in [0.3, 0.4) is 0 Å². The Morgan fingerprint density at radius 3 is 2.55 bits per heavy atom. The van der Waals surface area contributed by atoms with Crippen LogP contribution < -0.4 is 5.73 Å². The van der Waals surface area contributed by atoms with Crippen molar-refractivity contribution in [2.45, 2.75) is 58.5 Å². The van der Waals surface area contributed by atoms with E-state index in [1.165, 1.54) is 30.6 Å². The Morgan fingerprint density at radius 2 is 2.10 bits per heavy atom.